The zero-order chi connectivity index (χ0) is 29.7. The van der Waals surface area contributed by atoms with E-state index in [1.807, 2.05) is 13.8 Å². The lowest BCUT2D eigenvalue weighted by Crippen LogP contribution is -2.64. The summed E-state index contributed by atoms with van der Waals surface area (Å²) < 4.78 is 0. The van der Waals surface area contributed by atoms with Gasteiger partial charge >= 0.3 is 0 Å². The van der Waals surface area contributed by atoms with Crippen molar-refractivity contribution in [3.63, 3.8) is 0 Å². The highest BCUT2D eigenvalue weighted by molar-refractivity contribution is 5.99. The van der Waals surface area contributed by atoms with Gasteiger partial charge in [0.25, 0.3) is 0 Å². The quantitative estimate of drug-likeness (QED) is 0.312. The summed E-state index contributed by atoms with van der Waals surface area (Å²) in [6, 6.07) is 0. The highest BCUT2D eigenvalue weighted by atomic mass is 16.3. The molecule has 0 aromatic heterocycles. The molecule has 4 aliphatic carbocycles. The highest BCUT2D eigenvalue weighted by Gasteiger charge is 2.62. The molecule has 220 valence electrons. The average Bonchev–Trinajstić information content (AvgIpc) is 2.72. The number of aliphatic hydroxyl groups is 6. The Bertz CT molecular complexity index is 1020. The van der Waals surface area contributed by atoms with Crippen molar-refractivity contribution in [3.8, 4) is 0 Å². The number of aliphatic hydroxyl groups excluding tert-OH is 2. The SMILES string of the molecule is CC(C)(O)C1=CC2C(C)(CC1=O)CC(CC1CC3(C)CC(=O)C(C(C)(C)O)=CC3C(C)(O)C1O)C(O)C2(C)O. The molecule has 0 saturated heterocycles. The number of rotatable bonds is 4. The Morgan fingerprint density at radius 3 is 1.31 bits per heavy atom. The van der Waals surface area contributed by atoms with Gasteiger partial charge in [0, 0.05) is 35.8 Å². The van der Waals surface area contributed by atoms with Crippen LogP contribution in [-0.4, -0.2) is 76.8 Å². The summed E-state index contributed by atoms with van der Waals surface area (Å²) in [5, 5.41) is 67.3. The van der Waals surface area contributed by atoms with Crippen molar-refractivity contribution < 1.29 is 40.2 Å². The average molecular weight is 549 g/mol. The van der Waals surface area contributed by atoms with Gasteiger partial charge in [0.15, 0.2) is 11.6 Å². The summed E-state index contributed by atoms with van der Waals surface area (Å²) in [5.74, 6) is -2.42. The van der Waals surface area contributed by atoms with Gasteiger partial charge in [0.05, 0.1) is 34.6 Å². The third-order valence-electron chi connectivity index (χ3n) is 10.6. The monoisotopic (exact) mass is 548 g/mol. The van der Waals surface area contributed by atoms with E-state index in [-0.39, 0.29) is 35.6 Å². The molecule has 0 heterocycles. The first-order valence-corrected chi connectivity index (χ1v) is 14.2. The summed E-state index contributed by atoms with van der Waals surface area (Å²) in [4.78, 5) is 26.1. The largest absolute Gasteiger partial charge is 0.390 e. The van der Waals surface area contributed by atoms with Crippen molar-refractivity contribution in [1.29, 1.82) is 0 Å². The van der Waals surface area contributed by atoms with Crippen molar-refractivity contribution in [2.45, 2.75) is 122 Å². The van der Waals surface area contributed by atoms with E-state index in [1.54, 1.807) is 26.0 Å². The Hall–Kier alpha value is -1.42. The lowest BCUT2D eigenvalue weighted by atomic mass is 9.49. The minimum Gasteiger partial charge on any atom is -0.390 e. The van der Waals surface area contributed by atoms with Crippen LogP contribution in [-0.2, 0) is 9.59 Å². The zero-order valence-electron chi connectivity index (χ0n) is 24.7. The second-order valence-corrected chi connectivity index (χ2v) is 15.2. The first-order valence-electron chi connectivity index (χ1n) is 14.2. The molecule has 10 atom stereocenters. The number of carbonyl (C=O) groups is 2. The Morgan fingerprint density at radius 2 is 1.03 bits per heavy atom. The minimum absolute atomic E-state index is 0.122. The van der Waals surface area contributed by atoms with Gasteiger partial charge in [0.2, 0.25) is 0 Å². The van der Waals surface area contributed by atoms with Crippen molar-refractivity contribution in [2.75, 3.05) is 0 Å². The van der Waals surface area contributed by atoms with E-state index in [0.717, 1.165) is 0 Å². The van der Waals surface area contributed by atoms with E-state index in [0.29, 0.717) is 19.3 Å². The van der Waals surface area contributed by atoms with Crippen molar-refractivity contribution >= 4 is 11.6 Å². The van der Waals surface area contributed by atoms with E-state index < -0.39 is 69.1 Å². The third kappa shape index (κ3) is 4.89. The maximum Gasteiger partial charge on any atom is 0.161 e. The van der Waals surface area contributed by atoms with Crippen LogP contribution in [0.15, 0.2) is 23.3 Å². The van der Waals surface area contributed by atoms with E-state index in [2.05, 4.69) is 0 Å². The number of carbonyl (C=O) groups excluding carboxylic acids is 2. The molecule has 0 radical (unpaired) electrons. The van der Waals surface area contributed by atoms with Gasteiger partial charge < -0.3 is 30.6 Å². The van der Waals surface area contributed by atoms with Crippen LogP contribution in [0.3, 0.4) is 0 Å². The Morgan fingerprint density at radius 1 is 0.718 bits per heavy atom. The molecule has 0 spiro atoms. The van der Waals surface area contributed by atoms with E-state index in [9.17, 15) is 40.2 Å². The number of hydrogen-bond acceptors (Lipinski definition) is 8. The topological polar surface area (TPSA) is 156 Å². The minimum atomic E-state index is -1.59. The van der Waals surface area contributed by atoms with Crippen LogP contribution in [0.1, 0.15) is 87.5 Å². The number of fused-ring (bicyclic) bond motifs is 2. The van der Waals surface area contributed by atoms with E-state index in [4.69, 9.17) is 0 Å². The fourth-order valence-corrected chi connectivity index (χ4v) is 8.86. The molecule has 0 bridgehead atoms. The molecule has 4 rings (SSSR count). The molecule has 6 N–H and O–H groups in total. The molecule has 39 heavy (non-hydrogen) atoms. The first-order chi connectivity index (χ1) is 17.4. The summed E-state index contributed by atoms with van der Waals surface area (Å²) in [7, 11) is 0. The molecule has 0 amide bonds. The molecule has 2 saturated carbocycles. The number of hydrogen-bond donors (Lipinski definition) is 6. The van der Waals surface area contributed by atoms with Gasteiger partial charge in [-0.25, -0.2) is 0 Å². The summed E-state index contributed by atoms with van der Waals surface area (Å²) >= 11 is 0. The van der Waals surface area contributed by atoms with Crippen molar-refractivity contribution in [1.82, 2.24) is 0 Å². The molecular weight excluding hydrogens is 500 g/mol. The Kier molecular flexibility index (Phi) is 7.08. The third-order valence-corrected chi connectivity index (χ3v) is 10.6. The van der Waals surface area contributed by atoms with Crippen LogP contribution in [0.25, 0.3) is 0 Å². The zero-order valence-corrected chi connectivity index (χ0v) is 24.7. The van der Waals surface area contributed by atoms with Crippen molar-refractivity contribution in [3.05, 3.63) is 23.3 Å². The fraction of sp³-hybridized carbons (Fsp3) is 0.806. The van der Waals surface area contributed by atoms with Crippen LogP contribution in [0.5, 0.6) is 0 Å². The standard InChI is InChI=1S/C31H48O8/c1-26(2,36)18-10-22-28(5,14-20(18)32)12-16(24(34)30(22,7)38)9-17-13-29(6)15-21(33)19(27(3,4)37)11-23(29)31(8,39)25(17)35/h10-11,16-17,22-25,34-39H,9,12-15H2,1-8H3. The molecule has 0 aromatic rings. The lowest BCUT2D eigenvalue weighted by Gasteiger charge is -2.59. The van der Waals surface area contributed by atoms with Crippen LogP contribution in [0, 0.1) is 34.5 Å². The summed E-state index contributed by atoms with van der Waals surface area (Å²) in [6.45, 7) is 13.1. The summed E-state index contributed by atoms with van der Waals surface area (Å²) in [5.41, 5.74) is -6.75. The van der Waals surface area contributed by atoms with Gasteiger partial charge in [0.1, 0.15) is 0 Å². The van der Waals surface area contributed by atoms with Gasteiger partial charge in [-0.3, -0.25) is 9.59 Å². The molecule has 10 unspecified atom stereocenters. The van der Waals surface area contributed by atoms with Crippen LogP contribution < -0.4 is 0 Å². The highest BCUT2D eigenvalue weighted by Crippen LogP contribution is 2.59. The normalized spacial score (nSPS) is 47.2. The lowest BCUT2D eigenvalue weighted by molar-refractivity contribution is -0.206. The predicted octanol–water partition coefficient (Wildman–Crippen LogP) is 2.23. The Balaban J connectivity index is 1.65. The molecule has 8 nitrogen and oxygen atoms in total. The van der Waals surface area contributed by atoms with Gasteiger partial charge in [-0.1, -0.05) is 26.0 Å². The van der Waals surface area contributed by atoms with Gasteiger partial charge in [-0.2, -0.15) is 0 Å². The molecular formula is C31H48O8. The van der Waals surface area contributed by atoms with E-state index >= 15 is 0 Å². The van der Waals surface area contributed by atoms with Crippen LogP contribution >= 0.6 is 0 Å². The molecule has 4 aliphatic rings. The fourth-order valence-electron chi connectivity index (χ4n) is 8.86. The number of Topliss-reactive ketones (excluding diaryl/α,β-unsaturated/α-hetero) is 2. The van der Waals surface area contributed by atoms with Gasteiger partial charge in [-0.05, 0) is 83.5 Å². The molecule has 0 aromatic carbocycles. The predicted molar refractivity (Wildman–Crippen MR) is 145 cm³/mol. The maximum absolute atomic E-state index is 13.1. The number of ketones is 2. The van der Waals surface area contributed by atoms with Gasteiger partial charge in [-0.15, -0.1) is 0 Å². The maximum atomic E-state index is 13.1. The Labute approximate surface area is 231 Å². The van der Waals surface area contributed by atoms with Crippen LogP contribution in [0.2, 0.25) is 0 Å². The molecule has 0 aliphatic heterocycles. The van der Waals surface area contributed by atoms with Crippen molar-refractivity contribution in [2.24, 2.45) is 34.5 Å². The smallest absolute Gasteiger partial charge is 0.161 e. The second-order valence-electron chi connectivity index (χ2n) is 15.2. The van der Waals surface area contributed by atoms with Crippen LogP contribution in [0.4, 0.5) is 0 Å². The first kappa shape index (κ1) is 30.5. The summed E-state index contributed by atoms with van der Waals surface area (Å²) in [6.07, 6.45) is 2.32. The van der Waals surface area contributed by atoms with E-state index in [1.165, 1.54) is 27.7 Å². The molecule has 2 fully saturated rings. The second kappa shape index (κ2) is 9.04. The molecule has 8 heteroatoms.